The molecule has 0 spiro atoms. The van der Waals surface area contributed by atoms with E-state index in [2.05, 4.69) is 43.2 Å². The number of hydrogen-bond donors (Lipinski definition) is 0. The monoisotopic (exact) mass is 255 g/mol. The van der Waals surface area contributed by atoms with E-state index in [1.165, 1.54) is 15.0 Å². The lowest BCUT2D eigenvalue weighted by molar-refractivity contribution is 0.738. The molecular weight excluding hydrogens is 242 g/mol. The van der Waals surface area contributed by atoms with Gasteiger partial charge in [-0.2, -0.15) is 10.4 Å². The molecule has 3 aromatic rings. The Morgan fingerprint density at radius 1 is 1.44 bits per heavy atom. The Hall–Kier alpha value is -1.86. The van der Waals surface area contributed by atoms with E-state index in [9.17, 15) is 0 Å². The van der Waals surface area contributed by atoms with Crippen molar-refractivity contribution in [3.05, 3.63) is 29.3 Å². The smallest absolute Gasteiger partial charge is 0.128 e. The molecule has 0 amide bonds. The average molecular weight is 255 g/mol. The van der Waals surface area contributed by atoms with Gasteiger partial charge in [0, 0.05) is 20.3 Å². The number of benzene rings is 1. The Balaban J connectivity index is 2.36. The third-order valence-electron chi connectivity index (χ3n) is 3.11. The van der Waals surface area contributed by atoms with Crippen LogP contribution in [0.3, 0.4) is 0 Å². The standard InChI is InChI=1S/C14H13N3S/c1-9(2)13-7-11-12(18-13)4-3-10-8-16-17(6-5-15)14(10)11/h3-4,7-9H,6H2,1-2H3. The minimum absolute atomic E-state index is 0.301. The molecule has 0 N–H and O–H groups in total. The number of aromatic nitrogens is 2. The fraction of sp³-hybridized carbons (Fsp3) is 0.286. The quantitative estimate of drug-likeness (QED) is 0.697. The fourth-order valence-corrected chi connectivity index (χ4v) is 3.25. The maximum atomic E-state index is 8.85. The van der Waals surface area contributed by atoms with Crippen LogP contribution in [-0.4, -0.2) is 9.78 Å². The summed E-state index contributed by atoms with van der Waals surface area (Å²) >= 11 is 1.83. The van der Waals surface area contributed by atoms with Crippen LogP contribution in [0.4, 0.5) is 0 Å². The van der Waals surface area contributed by atoms with Crippen molar-refractivity contribution in [3.63, 3.8) is 0 Å². The fourth-order valence-electron chi connectivity index (χ4n) is 2.19. The van der Waals surface area contributed by atoms with E-state index in [1.54, 1.807) is 4.68 Å². The molecule has 0 saturated heterocycles. The van der Waals surface area contributed by atoms with Crippen LogP contribution in [0.2, 0.25) is 0 Å². The molecule has 0 unspecified atom stereocenters. The largest absolute Gasteiger partial charge is 0.250 e. The molecule has 0 radical (unpaired) electrons. The van der Waals surface area contributed by atoms with Crippen molar-refractivity contribution in [2.45, 2.75) is 26.3 Å². The molecule has 3 rings (SSSR count). The first-order chi connectivity index (χ1) is 8.70. The molecular formula is C14H13N3S. The molecule has 0 aliphatic heterocycles. The van der Waals surface area contributed by atoms with Crippen molar-refractivity contribution in [1.82, 2.24) is 9.78 Å². The van der Waals surface area contributed by atoms with E-state index in [4.69, 9.17) is 5.26 Å². The predicted molar refractivity (Wildman–Crippen MR) is 74.8 cm³/mol. The van der Waals surface area contributed by atoms with Crippen molar-refractivity contribution in [3.8, 4) is 6.07 Å². The van der Waals surface area contributed by atoms with Gasteiger partial charge in [0.2, 0.25) is 0 Å². The lowest BCUT2D eigenvalue weighted by Gasteiger charge is -1.98. The second kappa shape index (κ2) is 4.11. The first-order valence-electron chi connectivity index (χ1n) is 5.95. The summed E-state index contributed by atoms with van der Waals surface area (Å²) in [5.74, 6) is 0.532. The summed E-state index contributed by atoms with van der Waals surface area (Å²) in [6, 6.07) is 8.63. The molecule has 0 aliphatic rings. The van der Waals surface area contributed by atoms with Gasteiger partial charge in [0.1, 0.15) is 6.54 Å². The van der Waals surface area contributed by atoms with E-state index in [0.29, 0.717) is 12.5 Å². The first kappa shape index (κ1) is 11.2. The van der Waals surface area contributed by atoms with Crippen LogP contribution in [0.15, 0.2) is 24.4 Å². The molecule has 90 valence electrons. The van der Waals surface area contributed by atoms with Crippen LogP contribution in [0.5, 0.6) is 0 Å². The summed E-state index contributed by atoms with van der Waals surface area (Å²) in [6.07, 6.45) is 1.83. The Morgan fingerprint density at radius 3 is 3.00 bits per heavy atom. The Morgan fingerprint density at radius 2 is 2.28 bits per heavy atom. The lowest BCUT2D eigenvalue weighted by Crippen LogP contribution is -1.96. The zero-order valence-corrected chi connectivity index (χ0v) is 11.2. The van der Waals surface area contributed by atoms with Gasteiger partial charge in [-0.1, -0.05) is 13.8 Å². The van der Waals surface area contributed by atoms with Crippen LogP contribution in [0.1, 0.15) is 24.6 Å². The highest BCUT2D eigenvalue weighted by Gasteiger charge is 2.11. The second-order valence-electron chi connectivity index (χ2n) is 4.68. The maximum Gasteiger partial charge on any atom is 0.128 e. The van der Waals surface area contributed by atoms with Crippen LogP contribution >= 0.6 is 11.3 Å². The average Bonchev–Trinajstić information content (AvgIpc) is 2.92. The predicted octanol–water partition coefficient (Wildman–Crippen LogP) is 3.90. The van der Waals surface area contributed by atoms with Gasteiger partial charge >= 0.3 is 0 Å². The summed E-state index contributed by atoms with van der Waals surface area (Å²) in [7, 11) is 0. The molecule has 2 aromatic heterocycles. The van der Waals surface area contributed by atoms with Crippen molar-refractivity contribution in [1.29, 1.82) is 5.26 Å². The van der Waals surface area contributed by atoms with Crippen molar-refractivity contribution in [2.24, 2.45) is 0 Å². The van der Waals surface area contributed by atoms with Gasteiger partial charge in [-0.05, 0) is 24.1 Å². The minimum Gasteiger partial charge on any atom is -0.250 e. The number of thiophene rings is 1. The summed E-state index contributed by atoms with van der Waals surface area (Å²) in [6.45, 7) is 4.71. The lowest BCUT2D eigenvalue weighted by atomic mass is 10.1. The molecule has 2 heterocycles. The first-order valence-corrected chi connectivity index (χ1v) is 6.77. The summed E-state index contributed by atoms with van der Waals surface area (Å²) in [5.41, 5.74) is 1.08. The highest BCUT2D eigenvalue weighted by molar-refractivity contribution is 7.19. The van der Waals surface area contributed by atoms with Gasteiger partial charge in [0.25, 0.3) is 0 Å². The molecule has 0 fully saturated rings. The zero-order chi connectivity index (χ0) is 12.7. The maximum absolute atomic E-state index is 8.85. The van der Waals surface area contributed by atoms with Gasteiger partial charge in [0.05, 0.1) is 17.8 Å². The Labute approximate surface area is 109 Å². The van der Waals surface area contributed by atoms with Gasteiger partial charge < -0.3 is 0 Å². The molecule has 3 nitrogen and oxygen atoms in total. The SMILES string of the molecule is CC(C)c1cc2c(ccc3cnn(CC#N)c32)s1. The van der Waals surface area contributed by atoms with Crippen molar-refractivity contribution < 1.29 is 0 Å². The molecule has 0 atom stereocenters. The summed E-state index contributed by atoms with van der Waals surface area (Å²) in [5, 5.41) is 15.5. The highest BCUT2D eigenvalue weighted by Crippen LogP contribution is 2.35. The number of nitriles is 1. The third-order valence-corrected chi connectivity index (χ3v) is 4.51. The van der Waals surface area contributed by atoms with Crippen molar-refractivity contribution >= 4 is 32.3 Å². The second-order valence-corrected chi connectivity index (χ2v) is 5.79. The van der Waals surface area contributed by atoms with E-state index in [0.717, 1.165) is 10.9 Å². The van der Waals surface area contributed by atoms with Gasteiger partial charge in [-0.3, -0.25) is 4.68 Å². The minimum atomic E-state index is 0.301. The Bertz CT molecular complexity index is 758. The number of fused-ring (bicyclic) bond motifs is 3. The molecule has 0 bridgehead atoms. The molecule has 18 heavy (non-hydrogen) atoms. The topological polar surface area (TPSA) is 41.6 Å². The summed E-state index contributed by atoms with van der Waals surface area (Å²) in [4.78, 5) is 1.38. The van der Waals surface area contributed by atoms with Crippen LogP contribution < -0.4 is 0 Å². The van der Waals surface area contributed by atoms with E-state index < -0.39 is 0 Å². The molecule has 0 aliphatic carbocycles. The third kappa shape index (κ3) is 1.59. The van der Waals surface area contributed by atoms with Gasteiger partial charge in [-0.25, -0.2) is 0 Å². The van der Waals surface area contributed by atoms with Gasteiger partial charge in [-0.15, -0.1) is 11.3 Å². The highest BCUT2D eigenvalue weighted by atomic mass is 32.1. The van der Waals surface area contributed by atoms with E-state index in [-0.39, 0.29) is 0 Å². The van der Waals surface area contributed by atoms with E-state index >= 15 is 0 Å². The normalized spacial score (nSPS) is 11.4. The zero-order valence-electron chi connectivity index (χ0n) is 10.3. The summed E-state index contributed by atoms with van der Waals surface area (Å²) < 4.78 is 3.06. The van der Waals surface area contributed by atoms with Crippen LogP contribution in [0.25, 0.3) is 21.0 Å². The molecule has 1 aromatic carbocycles. The molecule has 4 heteroatoms. The van der Waals surface area contributed by atoms with Crippen molar-refractivity contribution in [2.75, 3.05) is 0 Å². The van der Waals surface area contributed by atoms with Gasteiger partial charge in [0.15, 0.2) is 0 Å². The van der Waals surface area contributed by atoms with E-state index in [1.807, 2.05) is 17.5 Å². The number of rotatable bonds is 2. The Kier molecular flexibility index (Phi) is 2.57. The van der Waals surface area contributed by atoms with Crippen LogP contribution in [0, 0.1) is 11.3 Å². The molecule has 0 saturated carbocycles. The number of nitrogens with zero attached hydrogens (tertiary/aromatic N) is 3. The van der Waals surface area contributed by atoms with Crippen LogP contribution in [-0.2, 0) is 6.54 Å². The number of hydrogen-bond acceptors (Lipinski definition) is 3.